The molecule has 1 fully saturated rings. The summed E-state index contributed by atoms with van der Waals surface area (Å²) in [4.78, 5) is 27.7. The van der Waals surface area contributed by atoms with Crippen LogP contribution in [-0.4, -0.2) is 17.1 Å². The first-order valence-corrected chi connectivity index (χ1v) is 11.2. The molecule has 1 aliphatic heterocycles. The van der Waals surface area contributed by atoms with Crippen molar-refractivity contribution >= 4 is 46.6 Å². The van der Waals surface area contributed by atoms with Gasteiger partial charge in [0.15, 0.2) is 0 Å². The molecule has 0 bridgehead atoms. The second-order valence-electron chi connectivity index (χ2n) is 7.17. The minimum absolute atomic E-state index is 0.0471. The molecule has 8 heteroatoms. The molecule has 1 N–H and O–H groups in total. The third-order valence-corrected chi connectivity index (χ3v) is 6.49. The number of halogens is 2. The van der Waals surface area contributed by atoms with E-state index in [1.165, 1.54) is 23.1 Å². The van der Waals surface area contributed by atoms with Gasteiger partial charge in [-0.3, -0.25) is 14.5 Å². The monoisotopic (exact) mass is 477 g/mol. The number of benzene rings is 3. The van der Waals surface area contributed by atoms with Crippen LogP contribution in [0, 0.1) is 17.1 Å². The highest BCUT2D eigenvalue weighted by atomic mass is 35.5. The normalized spacial score (nSPS) is 16.9. The summed E-state index contributed by atoms with van der Waals surface area (Å²) in [6, 6.07) is 23.5. The average molecular weight is 478 g/mol. The summed E-state index contributed by atoms with van der Waals surface area (Å²) in [5.41, 5.74) is 1.12. The van der Waals surface area contributed by atoms with Crippen molar-refractivity contribution in [3.8, 4) is 6.07 Å². The summed E-state index contributed by atoms with van der Waals surface area (Å²) in [6.45, 7) is 0. The predicted octanol–water partition coefficient (Wildman–Crippen LogP) is 5.54. The Labute approximate surface area is 199 Å². The number of rotatable bonds is 5. The lowest BCUT2D eigenvalue weighted by atomic mass is 10.1. The van der Waals surface area contributed by atoms with Crippen LogP contribution >= 0.6 is 23.4 Å². The van der Waals surface area contributed by atoms with E-state index in [4.69, 9.17) is 11.6 Å². The molecule has 3 aromatic carbocycles. The number of hydrogen-bond acceptors (Lipinski definition) is 4. The number of amides is 2. The maximum Gasteiger partial charge on any atom is 0.269 e. The van der Waals surface area contributed by atoms with Gasteiger partial charge in [-0.25, -0.2) is 4.39 Å². The van der Waals surface area contributed by atoms with Crippen molar-refractivity contribution in [1.82, 2.24) is 0 Å². The maximum atomic E-state index is 14.0. The minimum Gasteiger partial charge on any atom is -0.319 e. The molecular weight excluding hydrogens is 461 g/mol. The molecule has 2 amide bonds. The summed E-state index contributed by atoms with van der Waals surface area (Å²) < 4.78 is 14.0. The van der Waals surface area contributed by atoms with Crippen LogP contribution in [0.4, 0.5) is 15.8 Å². The molecule has 4 rings (SSSR count). The van der Waals surface area contributed by atoms with Crippen LogP contribution in [0.1, 0.15) is 5.56 Å². The van der Waals surface area contributed by atoms with E-state index >= 15 is 0 Å². The SMILES string of the molecule is N#C/C(C(=O)Nc1ccccc1F)=C1/SC(Cc2ccc(Cl)cc2)C(=O)N1c1ccccc1. The highest BCUT2D eigenvalue weighted by Gasteiger charge is 2.40. The second kappa shape index (κ2) is 9.90. The first-order valence-electron chi connectivity index (χ1n) is 9.98. The number of nitrogens with one attached hydrogen (secondary N) is 1. The lowest BCUT2D eigenvalue weighted by Crippen LogP contribution is -2.30. The summed E-state index contributed by atoms with van der Waals surface area (Å²) in [5.74, 6) is -1.66. The molecule has 5 nitrogen and oxygen atoms in total. The Morgan fingerprint density at radius 1 is 1.06 bits per heavy atom. The second-order valence-corrected chi connectivity index (χ2v) is 8.80. The van der Waals surface area contributed by atoms with Crippen LogP contribution in [0.2, 0.25) is 5.02 Å². The Hall–Kier alpha value is -3.60. The minimum atomic E-state index is -0.786. The number of thioether (sulfide) groups is 1. The van der Waals surface area contributed by atoms with Crippen LogP contribution in [0.5, 0.6) is 0 Å². The highest BCUT2D eigenvalue weighted by molar-refractivity contribution is 8.05. The van der Waals surface area contributed by atoms with Crippen molar-refractivity contribution in [2.45, 2.75) is 11.7 Å². The van der Waals surface area contributed by atoms with Gasteiger partial charge in [0, 0.05) is 10.7 Å². The van der Waals surface area contributed by atoms with E-state index < -0.39 is 17.0 Å². The summed E-state index contributed by atoms with van der Waals surface area (Å²) in [7, 11) is 0. The van der Waals surface area contributed by atoms with Gasteiger partial charge in [0.1, 0.15) is 22.5 Å². The Bertz CT molecular complexity index is 1270. The lowest BCUT2D eigenvalue weighted by molar-refractivity contribution is -0.117. The highest BCUT2D eigenvalue weighted by Crippen LogP contribution is 2.42. The zero-order valence-electron chi connectivity index (χ0n) is 17.2. The van der Waals surface area contributed by atoms with Crippen LogP contribution in [-0.2, 0) is 16.0 Å². The van der Waals surface area contributed by atoms with Crippen LogP contribution < -0.4 is 10.2 Å². The van der Waals surface area contributed by atoms with Gasteiger partial charge in [0.05, 0.1) is 10.9 Å². The van der Waals surface area contributed by atoms with Gasteiger partial charge in [-0.15, -0.1) is 0 Å². The zero-order chi connectivity index (χ0) is 23.4. The standard InChI is InChI=1S/C25H17ClFN3O2S/c26-17-12-10-16(11-13-17)14-22-24(32)30(18-6-2-1-3-7-18)25(33-22)19(15-28)23(31)29-21-9-5-4-8-20(21)27/h1-13,22H,14H2,(H,29,31)/b25-19-. The fourth-order valence-corrected chi connectivity index (χ4v) is 4.82. The Morgan fingerprint density at radius 2 is 1.73 bits per heavy atom. The molecule has 1 saturated heterocycles. The van der Waals surface area contributed by atoms with Crippen molar-refractivity contribution in [3.05, 3.63) is 106 Å². The number of nitrogens with zero attached hydrogens (tertiary/aromatic N) is 2. The van der Waals surface area contributed by atoms with E-state index in [0.717, 1.165) is 17.3 Å². The van der Waals surface area contributed by atoms with E-state index in [1.54, 1.807) is 42.5 Å². The number of carbonyl (C=O) groups excluding carboxylic acids is 2. The Balaban J connectivity index is 1.72. The summed E-state index contributed by atoms with van der Waals surface area (Å²) >= 11 is 7.10. The molecule has 0 spiro atoms. The van der Waals surface area contributed by atoms with Crippen molar-refractivity contribution in [1.29, 1.82) is 5.26 Å². The zero-order valence-corrected chi connectivity index (χ0v) is 18.7. The van der Waals surface area contributed by atoms with Crippen LogP contribution in [0.15, 0.2) is 89.5 Å². The average Bonchev–Trinajstić information content (AvgIpc) is 3.13. The lowest BCUT2D eigenvalue weighted by Gasteiger charge is -2.18. The van der Waals surface area contributed by atoms with Crippen LogP contribution in [0.25, 0.3) is 0 Å². The maximum absolute atomic E-state index is 14.0. The summed E-state index contributed by atoms with van der Waals surface area (Å²) in [6.07, 6.45) is 0.390. The van der Waals surface area contributed by atoms with Gasteiger partial charge in [-0.1, -0.05) is 65.8 Å². The molecule has 0 radical (unpaired) electrons. The molecule has 3 aromatic rings. The predicted molar refractivity (Wildman–Crippen MR) is 128 cm³/mol. The molecule has 33 heavy (non-hydrogen) atoms. The molecule has 1 heterocycles. The molecule has 1 atom stereocenters. The third kappa shape index (κ3) is 4.92. The van der Waals surface area contributed by atoms with Crippen LogP contribution in [0.3, 0.4) is 0 Å². The topological polar surface area (TPSA) is 73.2 Å². The van der Waals surface area contributed by atoms with E-state index in [2.05, 4.69) is 5.32 Å². The smallest absolute Gasteiger partial charge is 0.269 e. The molecular formula is C25H17ClFN3O2S. The number of nitriles is 1. The van der Waals surface area contributed by atoms with Gasteiger partial charge in [-0.2, -0.15) is 5.26 Å². The van der Waals surface area contributed by atoms with Crippen molar-refractivity contribution < 1.29 is 14.0 Å². The van der Waals surface area contributed by atoms with Gasteiger partial charge >= 0.3 is 0 Å². The van der Waals surface area contributed by atoms with E-state index in [1.807, 2.05) is 24.3 Å². The fourth-order valence-electron chi connectivity index (χ4n) is 3.38. The quantitative estimate of drug-likeness (QED) is 0.386. The molecule has 1 unspecified atom stereocenters. The number of anilines is 2. The molecule has 0 aromatic heterocycles. The van der Waals surface area contributed by atoms with Gasteiger partial charge in [0.25, 0.3) is 5.91 Å². The molecule has 1 aliphatic rings. The van der Waals surface area contributed by atoms with Crippen molar-refractivity contribution in [3.63, 3.8) is 0 Å². The largest absolute Gasteiger partial charge is 0.319 e. The molecule has 164 valence electrons. The number of hydrogen-bond donors (Lipinski definition) is 1. The van der Waals surface area contributed by atoms with Gasteiger partial charge in [-0.05, 0) is 48.4 Å². The number of carbonyl (C=O) groups is 2. The van der Waals surface area contributed by atoms with E-state index in [9.17, 15) is 19.2 Å². The molecule has 0 saturated carbocycles. The Kier molecular flexibility index (Phi) is 6.78. The first-order chi connectivity index (χ1) is 16.0. The van der Waals surface area contributed by atoms with E-state index in [0.29, 0.717) is 17.1 Å². The van der Waals surface area contributed by atoms with Crippen molar-refractivity contribution in [2.75, 3.05) is 10.2 Å². The van der Waals surface area contributed by atoms with Crippen molar-refractivity contribution in [2.24, 2.45) is 0 Å². The number of para-hydroxylation sites is 2. The Morgan fingerprint density at radius 3 is 2.39 bits per heavy atom. The van der Waals surface area contributed by atoms with E-state index in [-0.39, 0.29) is 22.2 Å². The summed E-state index contributed by atoms with van der Waals surface area (Å²) in [5, 5.41) is 12.5. The van der Waals surface area contributed by atoms with Gasteiger partial charge in [0.2, 0.25) is 5.91 Å². The fraction of sp³-hybridized carbons (Fsp3) is 0.0800. The van der Waals surface area contributed by atoms with Gasteiger partial charge < -0.3 is 5.32 Å². The third-order valence-electron chi connectivity index (χ3n) is 4.98. The molecule has 0 aliphatic carbocycles. The first kappa shape index (κ1) is 22.6.